The van der Waals surface area contributed by atoms with Gasteiger partial charge in [-0.05, 0) is 43.4 Å². The van der Waals surface area contributed by atoms with E-state index in [-0.39, 0.29) is 12.5 Å². The van der Waals surface area contributed by atoms with Gasteiger partial charge >= 0.3 is 6.09 Å². The quantitative estimate of drug-likeness (QED) is 0.665. The van der Waals surface area contributed by atoms with Gasteiger partial charge in [-0.3, -0.25) is 4.79 Å². The minimum absolute atomic E-state index is 0.123. The number of nitrogens with zero attached hydrogens (tertiary/aromatic N) is 2. The lowest BCUT2D eigenvalue weighted by molar-refractivity contribution is -0.116. The lowest BCUT2D eigenvalue weighted by Gasteiger charge is -2.28. The van der Waals surface area contributed by atoms with E-state index in [2.05, 4.69) is 20.5 Å². The van der Waals surface area contributed by atoms with Gasteiger partial charge in [0.1, 0.15) is 12.4 Å². The number of carbonyl (C=O) groups excluding carboxylic acids is 2. The number of pyridine rings is 1. The average molecular weight is 396 g/mol. The summed E-state index contributed by atoms with van der Waals surface area (Å²) < 4.78 is 5.13. The molecule has 1 aliphatic rings. The Morgan fingerprint density at radius 1 is 1.03 bits per heavy atom. The van der Waals surface area contributed by atoms with Crippen LogP contribution in [-0.2, 0) is 16.1 Å². The van der Waals surface area contributed by atoms with Crippen LogP contribution in [0, 0.1) is 0 Å². The second-order valence-electron chi connectivity index (χ2n) is 7.09. The molecule has 7 heteroatoms. The van der Waals surface area contributed by atoms with E-state index in [1.807, 2.05) is 48.7 Å². The van der Waals surface area contributed by atoms with Crippen molar-refractivity contribution >= 4 is 23.5 Å². The Kier molecular flexibility index (Phi) is 7.86. The molecule has 2 amide bonds. The Hall–Kier alpha value is -3.09. The standard InChI is InChI=1S/C22H28N4O3/c27-21(10-7-13-23-22(28)29-17-18-8-3-1-4-9-18)25-20-12-11-19(16-24-20)26-14-5-2-6-15-26/h1,3-4,8-9,11-12,16H,2,5-7,10,13-15,17H2,(H,23,28)(H,24,25,27). The number of alkyl carbamates (subject to hydrolysis) is 1. The van der Waals surface area contributed by atoms with E-state index in [4.69, 9.17) is 4.74 Å². The number of hydrogen-bond acceptors (Lipinski definition) is 5. The number of carbonyl (C=O) groups is 2. The zero-order valence-corrected chi connectivity index (χ0v) is 16.6. The van der Waals surface area contributed by atoms with E-state index in [1.54, 1.807) is 0 Å². The van der Waals surface area contributed by atoms with Crippen LogP contribution in [-0.4, -0.2) is 36.6 Å². The molecule has 0 saturated carbocycles. The number of nitrogens with one attached hydrogen (secondary N) is 2. The van der Waals surface area contributed by atoms with Crippen LogP contribution < -0.4 is 15.5 Å². The summed E-state index contributed by atoms with van der Waals surface area (Å²) in [5.74, 6) is 0.425. The average Bonchev–Trinajstić information content (AvgIpc) is 2.77. The predicted molar refractivity (Wildman–Crippen MR) is 113 cm³/mol. The Bertz CT molecular complexity index is 774. The highest BCUT2D eigenvalue weighted by atomic mass is 16.5. The molecule has 1 saturated heterocycles. The molecule has 1 aliphatic heterocycles. The first-order chi connectivity index (χ1) is 14.2. The molecule has 0 spiro atoms. The normalized spacial score (nSPS) is 13.6. The molecule has 0 unspecified atom stereocenters. The molecule has 0 radical (unpaired) electrons. The zero-order chi connectivity index (χ0) is 20.3. The van der Waals surface area contributed by atoms with Crippen molar-refractivity contribution < 1.29 is 14.3 Å². The second kappa shape index (κ2) is 11.0. The van der Waals surface area contributed by atoms with Gasteiger partial charge in [-0.15, -0.1) is 0 Å². The SMILES string of the molecule is O=C(CCCNC(=O)OCc1ccccc1)Nc1ccc(N2CCCCC2)cn1. The molecule has 3 rings (SSSR count). The Morgan fingerprint density at radius 3 is 2.55 bits per heavy atom. The number of anilines is 2. The highest BCUT2D eigenvalue weighted by molar-refractivity contribution is 5.89. The van der Waals surface area contributed by atoms with E-state index >= 15 is 0 Å². The smallest absolute Gasteiger partial charge is 0.407 e. The third-order valence-electron chi connectivity index (χ3n) is 4.80. The molecule has 0 aliphatic carbocycles. The third-order valence-corrected chi connectivity index (χ3v) is 4.80. The highest BCUT2D eigenvalue weighted by Gasteiger charge is 2.11. The van der Waals surface area contributed by atoms with Crippen LogP contribution in [0.15, 0.2) is 48.7 Å². The van der Waals surface area contributed by atoms with Crippen LogP contribution in [0.25, 0.3) is 0 Å². The highest BCUT2D eigenvalue weighted by Crippen LogP contribution is 2.20. The van der Waals surface area contributed by atoms with E-state index < -0.39 is 6.09 Å². The fourth-order valence-electron chi connectivity index (χ4n) is 3.22. The molecular formula is C22H28N4O3. The summed E-state index contributed by atoms with van der Waals surface area (Å²) in [5, 5.41) is 5.45. The van der Waals surface area contributed by atoms with Gasteiger partial charge in [-0.1, -0.05) is 30.3 Å². The van der Waals surface area contributed by atoms with Gasteiger partial charge < -0.3 is 20.3 Å². The molecule has 2 N–H and O–H groups in total. The van der Waals surface area contributed by atoms with Crippen molar-refractivity contribution in [1.82, 2.24) is 10.3 Å². The van der Waals surface area contributed by atoms with Crippen LogP contribution >= 0.6 is 0 Å². The molecule has 29 heavy (non-hydrogen) atoms. The van der Waals surface area contributed by atoms with Gasteiger partial charge in [0.15, 0.2) is 0 Å². The van der Waals surface area contributed by atoms with Crippen molar-refractivity contribution in [2.75, 3.05) is 29.9 Å². The summed E-state index contributed by atoms with van der Waals surface area (Å²) in [7, 11) is 0. The fourth-order valence-corrected chi connectivity index (χ4v) is 3.22. The molecular weight excluding hydrogens is 368 g/mol. The number of benzene rings is 1. The van der Waals surface area contributed by atoms with Crippen molar-refractivity contribution in [2.24, 2.45) is 0 Å². The molecule has 7 nitrogen and oxygen atoms in total. The first kappa shape index (κ1) is 20.6. The zero-order valence-electron chi connectivity index (χ0n) is 16.6. The van der Waals surface area contributed by atoms with E-state index in [1.165, 1.54) is 19.3 Å². The summed E-state index contributed by atoms with van der Waals surface area (Å²) >= 11 is 0. The molecule has 0 atom stereocenters. The van der Waals surface area contributed by atoms with Crippen LogP contribution in [0.1, 0.15) is 37.7 Å². The van der Waals surface area contributed by atoms with Gasteiger partial charge in [0, 0.05) is 26.1 Å². The van der Waals surface area contributed by atoms with Gasteiger partial charge in [-0.2, -0.15) is 0 Å². The first-order valence-corrected chi connectivity index (χ1v) is 10.2. The second-order valence-corrected chi connectivity index (χ2v) is 7.09. The minimum atomic E-state index is -0.482. The maximum absolute atomic E-state index is 12.0. The summed E-state index contributed by atoms with van der Waals surface area (Å²) in [6.07, 6.45) is 5.87. The number of ether oxygens (including phenoxy) is 1. The number of rotatable bonds is 8. The Labute approximate surface area is 171 Å². The molecule has 0 bridgehead atoms. The number of hydrogen-bond donors (Lipinski definition) is 2. The summed E-state index contributed by atoms with van der Waals surface area (Å²) in [5.41, 5.74) is 2.03. The largest absolute Gasteiger partial charge is 0.445 e. The monoisotopic (exact) mass is 396 g/mol. The first-order valence-electron chi connectivity index (χ1n) is 10.2. The van der Waals surface area contributed by atoms with Gasteiger partial charge in [0.2, 0.25) is 5.91 Å². The van der Waals surface area contributed by atoms with Crippen LogP contribution in [0.5, 0.6) is 0 Å². The van der Waals surface area contributed by atoms with Crippen LogP contribution in [0.2, 0.25) is 0 Å². The topological polar surface area (TPSA) is 83.6 Å². The van der Waals surface area contributed by atoms with Gasteiger partial charge in [0.25, 0.3) is 0 Å². The number of amides is 2. The van der Waals surface area contributed by atoms with Gasteiger partial charge in [0.05, 0.1) is 11.9 Å². The third kappa shape index (κ3) is 7.10. The molecule has 1 fully saturated rings. The van der Waals surface area contributed by atoms with Crippen molar-refractivity contribution in [3.05, 3.63) is 54.2 Å². The summed E-state index contributed by atoms with van der Waals surface area (Å²) in [6.45, 7) is 2.73. The van der Waals surface area contributed by atoms with Crippen molar-refractivity contribution in [2.45, 2.75) is 38.7 Å². The number of aromatic nitrogens is 1. The van der Waals surface area contributed by atoms with Crippen molar-refractivity contribution in [1.29, 1.82) is 0 Å². The minimum Gasteiger partial charge on any atom is -0.445 e. The molecule has 1 aromatic carbocycles. The van der Waals surface area contributed by atoms with Gasteiger partial charge in [-0.25, -0.2) is 9.78 Å². The maximum Gasteiger partial charge on any atom is 0.407 e. The lowest BCUT2D eigenvalue weighted by Crippen LogP contribution is -2.29. The van der Waals surface area contributed by atoms with Crippen molar-refractivity contribution in [3.8, 4) is 0 Å². The van der Waals surface area contributed by atoms with Crippen LogP contribution in [0.3, 0.4) is 0 Å². The molecule has 2 aromatic rings. The van der Waals surface area contributed by atoms with Crippen molar-refractivity contribution in [3.63, 3.8) is 0 Å². The van der Waals surface area contributed by atoms with E-state index in [9.17, 15) is 9.59 Å². The predicted octanol–water partition coefficient (Wildman–Crippen LogP) is 3.72. The fraction of sp³-hybridized carbons (Fsp3) is 0.409. The maximum atomic E-state index is 12.0. The number of piperidine rings is 1. The summed E-state index contributed by atoms with van der Waals surface area (Å²) in [4.78, 5) is 30.4. The molecule has 1 aromatic heterocycles. The lowest BCUT2D eigenvalue weighted by atomic mass is 10.1. The van der Waals surface area contributed by atoms with Crippen LogP contribution in [0.4, 0.5) is 16.3 Å². The Balaban J connectivity index is 1.30. The molecule has 154 valence electrons. The molecule has 2 heterocycles. The summed E-state index contributed by atoms with van der Waals surface area (Å²) in [6, 6.07) is 13.3. The van der Waals surface area contributed by atoms with E-state index in [0.717, 1.165) is 24.3 Å². The Morgan fingerprint density at radius 2 is 1.83 bits per heavy atom. The van der Waals surface area contributed by atoms with E-state index in [0.29, 0.717) is 25.2 Å².